The van der Waals surface area contributed by atoms with Crippen molar-refractivity contribution in [1.82, 2.24) is 0 Å². The molecule has 0 bridgehead atoms. The van der Waals surface area contributed by atoms with Gasteiger partial charge in [0.05, 0.1) is 12.1 Å². The summed E-state index contributed by atoms with van der Waals surface area (Å²) in [5.74, 6) is 0.384. The molecule has 1 unspecified atom stereocenters. The number of hydrogen-bond acceptors (Lipinski definition) is 2. The maximum Gasteiger partial charge on any atom is 0.0956 e. The second-order valence-corrected chi connectivity index (χ2v) is 2.23. The molecule has 0 aliphatic heterocycles. The zero-order chi connectivity index (χ0) is 7.28. The van der Waals surface area contributed by atoms with E-state index in [1.165, 1.54) is 0 Å². The monoisotopic (exact) mass is 126 g/mol. The van der Waals surface area contributed by atoms with Gasteiger partial charge in [0.1, 0.15) is 0 Å². The van der Waals surface area contributed by atoms with Gasteiger partial charge in [-0.2, -0.15) is 5.26 Å². The summed E-state index contributed by atoms with van der Waals surface area (Å²) < 4.78 is 0. The van der Waals surface area contributed by atoms with Crippen LogP contribution in [0, 0.1) is 17.2 Å². The van der Waals surface area contributed by atoms with Crippen LogP contribution < -0.4 is 5.73 Å². The molecule has 0 radical (unpaired) electrons. The first-order chi connectivity index (χ1) is 4.26. The third-order valence-electron chi connectivity index (χ3n) is 1.71. The molecule has 0 saturated heterocycles. The average molecular weight is 126 g/mol. The Bertz CT molecular complexity index is 100.0. The highest BCUT2D eigenvalue weighted by Gasteiger charge is 2.11. The van der Waals surface area contributed by atoms with E-state index in [2.05, 4.69) is 13.8 Å². The standard InChI is InChI=1S/C7H14N2/c1-3-6(4-2)7(9)5-8/h6-7H,3-4,9H2,1-2H3. The predicted octanol–water partition coefficient (Wildman–Crippen LogP) is 1.27. The summed E-state index contributed by atoms with van der Waals surface area (Å²) in [7, 11) is 0. The van der Waals surface area contributed by atoms with Gasteiger partial charge in [-0.3, -0.25) is 0 Å². The van der Waals surface area contributed by atoms with Crippen LogP contribution >= 0.6 is 0 Å². The first-order valence-corrected chi connectivity index (χ1v) is 3.41. The molecule has 0 heterocycles. The molecule has 0 spiro atoms. The molecule has 0 amide bonds. The van der Waals surface area contributed by atoms with Crippen molar-refractivity contribution in [1.29, 1.82) is 5.26 Å². The summed E-state index contributed by atoms with van der Waals surface area (Å²) in [5, 5.41) is 8.39. The Balaban J connectivity index is 3.67. The maximum atomic E-state index is 8.39. The Kier molecular flexibility index (Phi) is 4.08. The van der Waals surface area contributed by atoms with E-state index < -0.39 is 0 Å². The second-order valence-electron chi connectivity index (χ2n) is 2.23. The molecule has 0 aliphatic rings. The molecule has 0 saturated carbocycles. The van der Waals surface area contributed by atoms with Gasteiger partial charge in [-0.15, -0.1) is 0 Å². The predicted molar refractivity (Wildman–Crippen MR) is 37.7 cm³/mol. The Labute approximate surface area is 56.7 Å². The minimum Gasteiger partial charge on any atom is -0.316 e. The van der Waals surface area contributed by atoms with Gasteiger partial charge in [-0.1, -0.05) is 26.7 Å². The zero-order valence-electron chi connectivity index (χ0n) is 6.09. The van der Waals surface area contributed by atoms with Crippen molar-refractivity contribution in [3.05, 3.63) is 0 Å². The summed E-state index contributed by atoms with van der Waals surface area (Å²) in [4.78, 5) is 0. The lowest BCUT2D eigenvalue weighted by molar-refractivity contribution is 0.451. The summed E-state index contributed by atoms with van der Waals surface area (Å²) in [6.07, 6.45) is 2.01. The molecule has 2 heteroatoms. The van der Waals surface area contributed by atoms with Crippen LogP contribution in [0.25, 0.3) is 0 Å². The van der Waals surface area contributed by atoms with Crippen molar-refractivity contribution < 1.29 is 0 Å². The molecular formula is C7H14N2. The topological polar surface area (TPSA) is 49.8 Å². The van der Waals surface area contributed by atoms with E-state index in [4.69, 9.17) is 11.0 Å². The SMILES string of the molecule is CCC(CC)C(N)C#N. The summed E-state index contributed by atoms with van der Waals surface area (Å²) in [6.45, 7) is 4.12. The van der Waals surface area contributed by atoms with Crippen molar-refractivity contribution in [3.63, 3.8) is 0 Å². The van der Waals surface area contributed by atoms with Gasteiger partial charge in [0.2, 0.25) is 0 Å². The Morgan fingerprint density at radius 2 is 1.89 bits per heavy atom. The van der Waals surface area contributed by atoms with Crippen molar-refractivity contribution in [2.24, 2.45) is 11.7 Å². The van der Waals surface area contributed by atoms with Crippen LogP contribution in [-0.4, -0.2) is 6.04 Å². The highest BCUT2D eigenvalue weighted by atomic mass is 14.6. The highest BCUT2D eigenvalue weighted by molar-refractivity contribution is 4.90. The first-order valence-electron chi connectivity index (χ1n) is 3.41. The molecule has 9 heavy (non-hydrogen) atoms. The summed E-state index contributed by atoms with van der Waals surface area (Å²) in [6, 6.07) is 1.78. The fourth-order valence-electron chi connectivity index (χ4n) is 0.902. The molecule has 52 valence electrons. The Morgan fingerprint density at radius 1 is 1.44 bits per heavy atom. The number of rotatable bonds is 3. The van der Waals surface area contributed by atoms with Gasteiger partial charge in [0.25, 0.3) is 0 Å². The number of hydrogen-bond donors (Lipinski definition) is 1. The number of nitriles is 1. The molecule has 0 aliphatic carbocycles. The molecule has 0 fully saturated rings. The number of nitrogens with two attached hydrogens (primary N) is 1. The van der Waals surface area contributed by atoms with Crippen molar-refractivity contribution in [3.8, 4) is 6.07 Å². The zero-order valence-corrected chi connectivity index (χ0v) is 6.09. The van der Waals surface area contributed by atoms with E-state index in [-0.39, 0.29) is 6.04 Å². The maximum absolute atomic E-state index is 8.39. The van der Waals surface area contributed by atoms with E-state index in [1.807, 2.05) is 6.07 Å². The second kappa shape index (κ2) is 4.34. The molecule has 1 atom stereocenters. The average Bonchev–Trinajstić information content (AvgIpc) is 1.90. The van der Waals surface area contributed by atoms with Gasteiger partial charge >= 0.3 is 0 Å². The smallest absolute Gasteiger partial charge is 0.0956 e. The van der Waals surface area contributed by atoms with Crippen LogP contribution in [-0.2, 0) is 0 Å². The highest BCUT2D eigenvalue weighted by Crippen LogP contribution is 2.09. The lowest BCUT2D eigenvalue weighted by Gasteiger charge is -2.12. The van der Waals surface area contributed by atoms with Gasteiger partial charge < -0.3 is 5.73 Å². The lowest BCUT2D eigenvalue weighted by atomic mass is 9.96. The van der Waals surface area contributed by atoms with Crippen molar-refractivity contribution in [2.75, 3.05) is 0 Å². The quantitative estimate of drug-likeness (QED) is 0.619. The largest absolute Gasteiger partial charge is 0.316 e. The van der Waals surface area contributed by atoms with E-state index in [9.17, 15) is 0 Å². The first kappa shape index (κ1) is 8.45. The molecule has 0 rings (SSSR count). The van der Waals surface area contributed by atoms with Crippen LogP contribution in [0.15, 0.2) is 0 Å². The van der Waals surface area contributed by atoms with Crippen LogP contribution in [0.4, 0.5) is 0 Å². The summed E-state index contributed by atoms with van der Waals surface area (Å²) >= 11 is 0. The van der Waals surface area contributed by atoms with E-state index in [0.29, 0.717) is 5.92 Å². The normalized spacial score (nSPS) is 13.2. The van der Waals surface area contributed by atoms with Crippen LogP contribution in [0.3, 0.4) is 0 Å². The van der Waals surface area contributed by atoms with Gasteiger partial charge in [0, 0.05) is 0 Å². The third kappa shape index (κ3) is 2.48. The fraction of sp³-hybridized carbons (Fsp3) is 0.857. The van der Waals surface area contributed by atoms with Gasteiger partial charge in [-0.05, 0) is 5.92 Å². The Hall–Kier alpha value is -0.550. The van der Waals surface area contributed by atoms with E-state index >= 15 is 0 Å². The fourth-order valence-corrected chi connectivity index (χ4v) is 0.902. The molecular weight excluding hydrogens is 112 g/mol. The lowest BCUT2D eigenvalue weighted by Crippen LogP contribution is -2.27. The third-order valence-corrected chi connectivity index (χ3v) is 1.71. The molecule has 0 aromatic carbocycles. The minimum atomic E-state index is -0.264. The number of nitrogens with zero attached hydrogens (tertiary/aromatic N) is 1. The van der Waals surface area contributed by atoms with Crippen molar-refractivity contribution in [2.45, 2.75) is 32.7 Å². The molecule has 2 N–H and O–H groups in total. The minimum absolute atomic E-state index is 0.264. The van der Waals surface area contributed by atoms with E-state index in [1.54, 1.807) is 0 Å². The van der Waals surface area contributed by atoms with Crippen LogP contribution in [0.1, 0.15) is 26.7 Å². The van der Waals surface area contributed by atoms with Gasteiger partial charge in [0.15, 0.2) is 0 Å². The van der Waals surface area contributed by atoms with Crippen LogP contribution in [0.5, 0.6) is 0 Å². The molecule has 2 nitrogen and oxygen atoms in total. The molecule has 0 aromatic rings. The van der Waals surface area contributed by atoms with Crippen molar-refractivity contribution >= 4 is 0 Å². The molecule has 0 aromatic heterocycles. The van der Waals surface area contributed by atoms with Gasteiger partial charge in [-0.25, -0.2) is 0 Å². The summed E-state index contributed by atoms with van der Waals surface area (Å²) in [5.41, 5.74) is 5.48. The Morgan fingerprint density at radius 3 is 2.00 bits per heavy atom. The van der Waals surface area contributed by atoms with E-state index in [0.717, 1.165) is 12.8 Å². The van der Waals surface area contributed by atoms with Crippen LogP contribution in [0.2, 0.25) is 0 Å².